The minimum absolute atomic E-state index is 0.651. The topological polar surface area (TPSA) is 34.1 Å². The van der Waals surface area contributed by atoms with E-state index >= 15 is 0 Å². The van der Waals surface area contributed by atoms with Crippen molar-refractivity contribution in [3.63, 3.8) is 0 Å². The molecule has 4 heteroatoms. The third-order valence-corrected chi connectivity index (χ3v) is 2.36. The van der Waals surface area contributed by atoms with Crippen LogP contribution in [0.15, 0.2) is 0 Å². The van der Waals surface area contributed by atoms with Gasteiger partial charge in [0.1, 0.15) is 0 Å². The van der Waals surface area contributed by atoms with Crippen LogP contribution in [0.4, 0.5) is 0 Å². The summed E-state index contributed by atoms with van der Waals surface area (Å²) in [6.07, 6.45) is 0. The van der Waals surface area contributed by atoms with Gasteiger partial charge in [-0.3, -0.25) is 0 Å². The van der Waals surface area contributed by atoms with Crippen molar-refractivity contribution in [1.29, 1.82) is 0 Å². The summed E-state index contributed by atoms with van der Waals surface area (Å²) in [4.78, 5) is 20.3. The number of hydrogen-bond donors (Lipinski definition) is 0. The number of halogens is 1. The zero-order valence-electron chi connectivity index (χ0n) is 2.68. The third kappa shape index (κ3) is 2.67. The quantitative estimate of drug-likeness (QED) is 0.514. The Balaban J connectivity index is 3.21. The first kappa shape index (κ1) is 6.44. The molecule has 0 aromatic heterocycles. The number of carbonyl (C=O) groups excluding carboxylic acids is 2. The first-order valence-electron chi connectivity index (χ1n) is 0.982. The van der Waals surface area contributed by atoms with E-state index in [1.165, 1.54) is 0 Å². The van der Waals surface area contributed by atoms with Gasteiger partial charge in [-0.25, -0.2) is 0 Å². The van der Waals surface area contributed by atoms with E-state index in [1.807, 2.05) is 0 Å². The monoisotopic (exact) mass is 240 g/mol. The van der Waals surface area contributed by atoms with Gasteiger partial charge in [-0.05, 0) is 0 Å². The summed E-state index contributed by atoms with van der Waals surface area (Å²) >= 11 is 1.23. The van der Waals surface area contributed by atoms with Crippen LogP contribution in [-0.4, -0.2) is 9.76 Å². The van der Waals surface area contributed by atoms with Crippen molar-refractivity contribution in [2.45, 2.75) is 0 Å². The molecule has 38 valence electrons. The van der Waals surface area contributed by atoms with E-state index in [0.717, 1.165) is 0 Å². The van der Waals surface area contributed by atoms with Crippen molar-refractivity contribution >= 4 is 23.4 Å². The Hall–Kier alpha value is 0.443. The second-order valence-electron chi connectivity index (χ2n) is 0.414. The fraction of sp³-hybridized carbons (Fsp3) is 0. The fourth-order valence-electron chi connectivity index (χ4n) is 0.0185. The molecule has 0 fully saturated rings. The summed E-state index contributed by atoms with van der Waals surface area (Å²) in [7, 11) is 0. The molecule has 0 atom stereocenters. The Morgan fingerprint density at radius 2 is 1.67 bits per heavy atom. The van der Waals surface area contributed by atoms with Gasteiger partial charge in [0.25, 0.3) is 0 Å². The molecule has 0 aromatic rings. The van der Waals surface area contributed by atoms with Gasteiger partial charge in [0.15, 0.2) is 0 Å². The first-order valence-corrected chi connectivity index (χ1v) is 6.62. The van der Waals surface area contributed by atoms with Crippen LogP contribution in [-0.2, 0) is 23.6 Å². The van der Waals surface area contributed by atoms with Crippen LogP contribution in [0.5, 0.6) is 0 Å². The Morgan fingerprint density at radius 1 is 1.33 bits per heavy atom. The molecule has 0 aliphatic rings. The first-order chi connectivity index (χ1) is 2.81. The van der Waals surface area contributed by atoms with Crippen LogP contribution in [0.1, 0.15) is 0 Å². The summed E-state index contributed by atoms with van der Waals surface area (Å²) < 4.78 is 0. The summed E-state index contributed by atoms with van der Waals surface area (Å²) in [5, 5.41) is 0. The van der Waals surface area contributed by atoms with Crippen LogP contribution in [0.3, 0.4) is 0 Å². The molecule has 0 rings (SSSR count). The van der Waals surface area contributed by atoms with Gasteiger partial charge in [-0.15, -0.1) is 0 Å². The summed E-state index contributed by atoms with van der Waals surface area (Å²) in [6.45, 7) is 0. The van der Waals surface area contributed by atoms with Gasteiger partial charge in [0.2, 0.25) is 0 Å². The number of rotatable bonds is 2. The predicted octanol–water partition coefficient (Wildman–Crippen LogP) is 0.295. The second-order valence-corrected chi connectivity index (χ2v) is 6.06. The molecule has 0 amide bonds. The molecule has 0 unspecified atom stereocenters. The maximum absolute atomic E-state index is 9.52. The van der Waals surface area contributed by atoms with E-state index < -0.39 is 14.0 Å². The molecule has 6 heavy (non-hydrogen) atoms. The standard InChI is InChI=1S/2CHO.BrH.Rh/c2*1-2;;/h2*1H;1H;/q;;;+1/p-1. The van der Waals surface area contributed by atoms with Gasteiger partial charge >= 0.3 is 47.0 Å². The zero-order valence-corrected chi connectivity index (χ0v) is 5.91. The summed E-state index contributed by atoms with van der Waals surface area (Å²) in [5.74, 6) is 0. The van der Waals surface area contributed by atoms with E-state index in [0.29, 0.717) is 9.76 Å². The Kier molecular flexibility index (Phi) is 3.90. The van der Waals surface area contributed by atoms with E-state index in [2.05, 4.69) is 13.6 Å². The Bertz CT molecular complexity index is 56.6. The van der Waals surface area contributed by atoms with Gasteiger partial charge in [-0.1, -0.05) is 0 Å². The third-order valence-electron chi connectivity index (χ3n) is 0.150. The van der Waals surface area contributed by atoms with E-state index in [1.54, 1.807) is 0 Å². The fourth-order valence-corrected chi connectivity index (χ4v) is 0.110. The Morgan fingerprint density at radius 3 is 1.67 bits per heavy atom. The maximum atomic E-state index is 9.52. The van der Waals surface area contributed by atoms with Crippen LogP contribution >= 0.6 is 13.6 Å². The van der Waals surface area contributed by atoms with E-state index in [4.69, 9.17) is 0 Å². The molecule has 0 spiro atoms. The number of carbonyl (C=O) groups is 2. The van der Waals surface area contributed by atoms with Gasteiger partial charge in [-0.2, -0.15) is 0 Å². The van der Waals surface area contributed by atoms with Crippen molar-refractivity contribution in [2.24, 2.45) is 0 Å². The van der Waals surface area contributed by atoms with Gasteiger partial charge < -0.3 is 0 Å². The van der Waals surface area contributed by atoms with Crippen LogP contribution < -0.4 is 0 Å². The summed E-state index contributed by atoms with van der Waals surface area (Å²) in [5.41, 5.74) is 0. The van der Waals surface area contributed by atoms with Crippen LogP contribution in [0.2, 0.25) is 0 Å². The zero-order chi connectivity index (χ0) is 4.99. The van der Waals surface area contributed by atoms with Crippen LogP contribution in [0.25, 0.3) is 0 Å². The molecule has 0 bridgehead atoms. The molecule has 2 nitrogen and oxygen atoms in total. The average molecular weight is 241 g/mol. The minimum atomic E-state index is -1.64. The molecule has 0 saturated heterocycles. The number of hydrogen-bond acceptors (Lipinski definition) is 2. The predicted molar refractivity (Wildman–Crippen MR) is 22.4 cm³/mol. The average Bonchev–Trinajstić information content (AvgIpc) is 1.65. The molecular formula is C2H2BrO2Rh. The van der Waals surface area contributed by atoms with Crippen molar-refractivity contribution < 1.29 is 23.6 Å². The molecule has 0 radical (unpaired) electrons. The normalized spacial score (nSPS) is 9.83. The molecule has 0 aliphatic carbocycles. The molecule has 0 saturated carbocycles. The molecular weight excluding hydrogens is 239 g/mol. The van der Waals surface area contributed by atoms with Crippen molar-refractivity contribution in [1.82, 2.24) is 0 Å². The van der Waals surface area contributed by atoms with Gasteiger partial charge in [0.05, 0.1) is 0 Å². The SMILES string of the molecule is O=[CH][Rh]([Br])[CH]=O. The van der Waals surface area contributed by atoms with Gasteiger partial charge in [0, 0.05) is 0 Å². The molecule has 0 aliphatic heterocycles. The molecule has 0 heterocycles. The molecule has 0 aromatic carbocycles. The van der Waals surface area contributed by atoms with E-state index in [-0.39, 0.29) is 0 Å². The molecule has 0 N–H and O–H groups in total. The van der Waals surface area contributed by atoms with Crippen molar-refractivity contribution in [3.8, 4) is 0 Å². The van der Waals surface area contributed by atoms with E-state index in [9.17, 15) is 9.59 Å². The Labute approximate surface area is 47.2 Å². The van der Waals surface area contributed by atoms with Crippen molar-refractivity contribution in [3.05, 3.63) is 0 Å². The van der Waals surface area contributed by atoms with Crippen molar-refractivity contribution in [2.75, 3.05) is 0 Å². The van der Waals surface area contributed by atoms with Crippen LogP contribution in [0, 0.1) is 0 Å². The second kappa shape index (κ2) is 3.63. The summed E-state index contributed by atoms with van der Waals surface area (Å²) in [6, 6.07) is 0.